The lowest BCUT2D eigenvalue weighted by atomic mass is 10.2. The molecule has 0 radical (unpaired) electrons. The minimum absolute atomic E-state index is 0.580. The van der Waals surface area contributed by atoms with Gasteiger partial charge in [-0.2, -0.15) is 5.10 Å². The van der Waals surface area contributed by atoms with Crippen molar-refractivity contribution in [2.45, 2.75) is 32.5 Å². The van der Waals surface area contributed by atoms with Crippen LogP contribution in [0, 0.1) is 11.7 Å². The van der Waals surface area contributed by atoms with Crippen molar-refractivity contribution in [3.8, 4) is 5.75 Å². The highest BCUT2D eigenvalue weighted by Crippen LogP contribution is 2.34. The Hall–Kier alpha value is -1.66. The van der Waals surface area contributed by atoms with E-state index in [0.717, 1.165) is 17.1 Å². The van der Waals surface area contributed by atoms with Crippen molar-refractivity contribution in [2.24, 2.45) is 0 Å². The van der Waals surface area contributed by atoms with Crippen molar-refractivity contribution in [1.29, 1.82) is 0 Å². The summed E-state index contributed by atoms with van der Waals surface area (Å²) in [5.74, 6) is 0.919. The van der Waals surface area contributed by atoms with Gasteiger partial charge in [-0.15, -0.1) is 0 Å². The fourth-order valence-corrected chi connectivity index (χ4v) is 2.68. The van der Waals surface area contributed by atoms with Crippen molar-refractivity contribution in [3.63, 3.8) is 0 Å². The SMILES string of the molecule is Cc1cccc(OCCN(C)Cn2ncn(C3CC3)c2=S)c1. The lowest BCUT2D eigenvalue weighted by molar-refractivity contribution is 0.197. The maximum Gasteiger partial charge on any atom is 0.199 e. The summed E-state index contributed by atoms with van der Waals surface area (Å²) in [5.41, 5.74) is 1.21. The fourth-order valence-electron chi connectivity index (χ4n) is 2.37. The van der Waals surface area contributed by atoms with Crippen LogP contribution in [0.1, 0.15) is 24.4 Å². The van der Waals surface area contributed by atoms with Crippen LogP contribution in [-0.2, 0) is 6.67 Å². The molecule has 0 saturated heterocycles. The average molecular weight is 318 g/mol. The molecule has 1 aliphatic carbocycles. The first-order valence-corrected chi connectivity index (χ1v) is 8.06. The van der Waals surface area contributed by atoms with E-state index in [2.05, 4.69) is 34.6 Å². The van der Waals surface area contributed by atoms with Gasteiger partial charge >= 0.3 is 0 Å². The largest absolute Gasteiger partial charge is 0.492 e. The third-order valence-electron chi connectivity index (χ3n) is 3.80. The summed E-state index contributed by atoms with van der Waals surface area (Å²) in [5, 5.41) is 4.39. The Balaban J connectivity index is 1.48. The molecular formula is C16H22N4OS. The van der Waals surface area contributed by atoms with E-state index in [9.17, 15) is 0 Å². The highest BCUT2D eigenvalue weighted by Gasteiger charge is 2.24. The van der Waals surface area contributed by atoms with Gasteiger partial charge in [-0.25, -0.2) is 4.68 Å². The molecule has 0 atom stereocenters. The number of ether oxygens (including phenoxy) is 1. The molecule has 0 bridgehead atoms. The second kappa shape index (κ2) is 6.62. The van der Waals surface area contributed by atoms with Gasteiger partial charge in [0.25, 0.3) is 0 Å². The van der Waals surface area contributed by atoms with Crippen LogP contribution in [0.2, 0.25) is 0 Å². The summed E-state index contributed by atoms with van der Waals surface area (Å²) in [6.45, 7) is 4.23. The maximum atomic E-state index is 5.78. The van der Waals surface area contributed by atoms with E-state index in [4.69, 9.17) is 17.0 Å². The molecule has 0 N–H and O–H groups in total. The summed E-state index contributed by atoms with van der Waals surface area (Å²) in [6, 6.07) is 8.69. The maximum absolute atomic E-state index is 5.78. The molecule has 0 spiro atoms. The van der Waals surface area contributed by atoms with Crippen molar-refractivity contribution >= 4 is 12.2 Å². The van der Waals surface area contributed by atoms with Gasteiger partial charge in [0.05, 0.1) is 6.67 Å². The van der Waals surface area contributed by atoms with E-state index in [0.29, 0.717) is 19.3 Å². The summed E-state index contributed by atoms with van der Waals surface area (Å²) in [7, 11) is 2.05. The molecule has 1 aromatic carbocycles. The topological polar surface area (TPSA) is 35.2 Å². The number of benzene rings is 1. The Morgan fingerprint density at radius 1 is 1.41 bits per heavy atom. The monoisotopic (exact) mass is 318 g/mol. The first kappa shape index (κ1) is 15.2. The highest BCUT2D eigenvalue weighted by atomic mass is 32.1. The molecule has 6 heteroatoms. The van der Waals surface area contributed by atoms with E-state index >= 15 is 0 Å². The van der Waals surface area contributed by atoms with Crippen molar-refractivity contribution in [1.82, 2.24) is 19.2 Å². The molecule has 1 heterocycles. The van der Waals surface area contributed by atoms with E-state index < -0.39 is 0 Å². The quantitative estimate of drug-likeness (QED) is 0.735. The second-order valence-electron chi connectivity index (χ2n) is 5.94. The molecule has 0 unspecified atom stereocenters. The molecule has 0 aliphatic heterocycles. The second-order valence-corrected chi connectivity index (χ2v) is 6.30. The van der Waals surface area contributed by atoms with Crippen molar-refractivity contribution in [3.05, 3.63) is 40.9 Å². The Bertz CT molecular complexity index is 689. The predicted octanol–water partition coefficient (Wildman–Crippen LogP) is 3.03. The first-order chi connectivity index (χ1) is 10.6. The summed E-state index contributed by atoms with van der Waals surface area (Å²) in [6.07, 6.45) is 4.30. The van der Waals surface area contributed by atoms with Crippen molar-refractivity contribution < 1.29 is 4.74 Å². The van der Waals surface area contributed by atoms with Crippen LogP contribution in [0.3, 0.4) is 0 Å². The Morgan fingerprint density at radius 2 is 2.23 bits per heavy atom. The zero-order chi connectivity index (χ0) is 15.5. The number of aromatic nitrogens is 3. The van der Waals surface area contributed by atoms with Crippen LogP contribution in [0.4, 0.5) is 0 Å². The van der Waals surface area contributed by atoms with E-state index in [-0.39, 0.29) is 0 Å². The van der Waals surface area contributed by atoms with Crippen LogP contribution in [0.25, 0.3) is 0 Å². The minimum Gasteiger partial charge on any atom is -0.492 e. The number of likely N-dealkylation sites (N-methyl/N-ethyl adjacent to an activating group) is 1. The average Bonchev–Trinajstić information content (AvgIpc) is 3.25. The van der Waals surface area contributed by atoms with Gasteiger partial charge in [0.1, 0.15) is 18.7 Å². The van der Waals surface area contributed by atoms with Gasteiger partial charge in [0, 0.05) is 12.6 Å². The zero-order valence-electron chi connectivity index (χ0n) is 13.1. The number of hydrogen-bond donors (Lipinski definition) is 0. The lowest BCUT2D eigenvalue weighted by Gasteiger charge is -2.16. The Labute approximate surface area is 136 Å². The van der Waals surface area contributed by atoms with Crippen LogP contribution in [-0.4, -0.2) is 39.4 Å². The molecule has 5 nitrogen and oxygen atoms in total. The van der Waals surface area contributed by atoms with Crippen LogP contribution in [0.15, 0.2) is 30.6 Å². The molecule has 22 heavy (non-hydrogen) atoms. The zero-order valence-corrected chi connectivity index (χ0v) is 13.9. The van der Waals surface area contributed by atoms with Crippen LogP contribution in [0.5, 0.6) is 5.75 Å². The van der Waals surface area contributed by atoms with Crippen molar-refractivity contribution in [2.75, 3.05) is 20.2 Å². The Kier molecular flexibility index (Phi) is 4.59. The summed E-state index contributed by atoms with van der Waals surface area (Å²) in [4.78, 5) is 2.16. The normalized spacial score (nSPS) is 14.5. The molecule has 1 fully saturated rings. The van der Waals surface area contributed by atoms with Gasteiger partial charge in [0.15, 0.2) is 4.77 Å². The number of hydrogen-bond acceptors (Lipinski definition) is 4. The van der Waals surface area contributed by atoms with E-state index in [1.54, 1.807) is 0 Å². The Morgan fingerprint density at radius 3 is 2.95 bits per heavy atom. The number of rotatable bonds is 7. The number of nitrogens with zero attached hydrogens (tertiary/aromatic N) is 4. The molecule has 2 aromatic rings. The van der Waals surface area contributed by atoms with E-state index in [1.165, 1.54) is 18.4 Å². The number of aryl methyl sites for hydroxylation is 1. The van der Waals surface area contributed by atoms with Gasteiger partial charge < -0.3 is 9.30 Å². The third-order valence-corrected chi connectivity index (χ3v) is 4.23. The molecule has 3 rings (SSSR count). The highest BCUT2D eigenvalue weighted by molar-refractivity contribution is 7.71. The third kappa shape index (κ3) is 3.75. The molecular weight excluding hydrogens is 296 g/mol. The van der Waals surface area contributed by atoms with Crippen LogP contribution >= 0.6 is 12.2 Å². The molecule has 1 aliphatic rings. The fraction of sp³-hybridized carbons (Fsp3) is 0.500. The standard InChI is InChI=1S/C16H22N4OS/c1-13-4-3-5-15(10-13)21-9-8-18(2)12-20-16(22)19(11-17-20)14-6-7-14/h3-5,10-11,14H,6-9,12H2,1-2H3. The van der Waals surface area contributed by atoms with Gasteiger partial charge in [-0.1, -0.05) is 12.1 Å². The lowest BCUT2D eigenvalue weighted by Crippen LogP contribution is -2.27. The summed E-state index contributed by atoms with van der Waals surface area (Å²) >= 11 is 5.47. The molecule has 1 saturated carbocycles. The molecule has 1 aromatic heterocycles. The van der Waals surface area contributed by atoms with Gasteiger partial charge in [-0.3, -0.25) is 4.90 Å². The van der Waals surface area contributed by atoms with Crippen LogP contribution < -0.4 is 4.74 Å². The van der Waals surface area contributed by atoms with Gasteiger partial charge in [0.2, 0.25) is 0 Å². The van der Waals surface area contributed by atoms with Gasteiger partial charge in [-0.05, 0) is 56.7 Å². The minimum atomic E-state index is 0.580. The molecule has 0 amide bonds. The molecule has 118 valence electrons. The van der Waals surface area contributed by atoms with E-state index in [1.807, 2.05) is 29.2 Å². The summed E-state index contributed by atoms with van der Waals surface area (Å²) < 4.78 is 10.6. The smallest absolute Gasteiger partial charge is 0.199 e. The first-order valence-electron chi connectivity index (χ1n) is 7.65. The predicted molar refractivity (Wildman–Crippen MR) is 88.6 cm³/mol.